The third kappa shape index (κ3) is 3.31. The first-order valence-corrected chi connectivity index (χ1v) is 11.0. The minimum absolute atomic E-state index is 0.00381. The van der Waals surface area contributed by atoms with Gasteiger partial charge >= 0.3 is 0 Å². The van der Waals surface area contributed by atoms with E-state index >= 15 is 0 Å². The van der Waals surface area contributed by atoms with Crippen molar-refractivity contribution < 1.29 is 17.9 Å². The maximum atomic E-state index is 13.4. The highest BCUT2D eigenvalue weighted by atomic mass is 32.2. The van der Waals surface area contributed by atoms with Gasteiger partial charge in [-0.05, 0) is 50.0 Å². The fourth-order valence-electron chi connectivity index (χ4n) is 5.42. The van der Waals surface area contributed by atoms with Gasteiger partial charge < -0.3 is 15.0 Å². The number of ether oxygens (including phenoxy) is 1. The maximum Gasteiger partial charge on any atom is 0.254 e. The van der Waals surface area contributed by atoms with E-state index in [1.54, 1.807) is 10.4 Å². The Balaban J connectivity index is 1.95. The fraction of sp³-hybridized carbons (Fsp3) is 0.650. The number of rotatable bonds is 6. The number of hydrogen-bond acceptors (Lipinski definition) is 5. The van der Waals surface area contributed by atoms with E-state index < -0.39 is 10.0 Å². The van der Waals surface area contributed by atoms with Crippen LogP contribution in [0.5, 0.6) is 5.75 Å². The lowest BCUT2D eigenvalue weighted by atomic mass is 9.48. The molecule has 1 aromatic rings. The van der Waals surface area contributed by atoms with Crippen LogP contribution in [0.25, 0.3) is 0 Å². The minimum atomic E-state index is -3.70. The molecule has 8 heteroatoms. The van der Waals surface area contributed by atoms with Crippen LogP contribution >= 0.6 is 0 Å². The van der Waals surface area contributed by atoms with Crippen LogP contribution in [0.3, 0.4) is 0 Å². The Bertz CT molecular complexity index is 877. The van der Waals surface area contributed by atoms with Crippen LogP contribution in [0.15, 0.2) is 23.1 Å². The summed E-state index contributed by atoms with van der Waals surface area (Å²) in [6.07, 6.45) is 1.01. The van der Waals surface area contributed by atoms with Crippen molar-refractivity contribution in [2.75, 3.05) is 47.9 Å². The molecular formula is C20H31N3O4S. The van der Waals surface area contributed by atoms with Gasteiger partial charge in [-0.2, -0.15) is 4.31 Å². The molecule has 1 aliphatic carbocycles. The maximum absolute atomic E-state index is 13.4. The van der Waals surface area contributed by atoms with Crippen molar-refractivity contribution >= 4 is 15.9 Å². The van der Waals surface area contributed by atoms with Gasteiger partial charge in [0.05, 0.1) is 17.6 Å². The summed E-state index contributed by atoms with van der Waals surface area (Å²) in [7, 11) is 3.34. The van der Waals surface area contributed by atoms with Crippen LogP contribution in [0.2, 0.25) is 0 Å². The molecule has 1 saturated carbocycles. The normalized spacial score (nSPS) is 26.6. The summed E-state index contributed by atoms with van der Waals surface area (Å²) in [6.45, 7) is 6.35. The molecule has 1 amide bonds. The Morgan fingerprint density at radius 3 is 2.57 bits per heavy atom. The van der Waals surface area contributed by atoms with E-state index in [1.807, 2.05) is 14.1 Å². The molecule has 28 heavy (non-hydrogen) atoms. The first-order valence-electron chi connectivity index (χ1n) is 9.52. The van der Waals surface area contributed by atoms with E-state index in [0.717, 1.165) is 13.0 Å². The molecule has 156 valence electrons. The average molecular weight is 410 g/mol. The van der Waals surface area contributed by atoms with Crippen molar-refractivity contribution in [1.82, 2.24) is 14.5 Å². The van der Waals surface area contributed by atoms with E-state index in [-0.39, 0.29) is 27.2 Å². The molecule has 1 aromatic carbocycles. The highest BCUT2D eigenvalue weighted by Crippen LogP contribution is 2.63. The van der Waals surface area contributed by atoms with Gasteiger partial charge in [0.1, 0.15) is 5.75 Å². The predicted octanol–water partition coefficient (Wildman–Crippen LogP) is 1.65. The Labute approximate surface area is 168 Å². The molecule has 1 N–H and O–H groups in total. The van der Waals surface area contributed by atoms with Crippen LogP contribution in [0, 0.1) is 16.7 Å². The predicted molar refractivity (Wildman–Crippen MR) is 108 cm³/mol. The number of fused-ring (bicyclic) bond motifs is 1. The van der Waals surface area contributed by atoms with E-state index in [2.05, 4.69) is 24.1 Å². The summed E-state index contributed by atoms with van der Waals surface area (Å²) < 4.78 is 33.6. The monoisotopic (exact) mass is 409 g/mol. The molecule has 2 fully saturated rings. The summed E-state index contributed by atoms with van der Waals surface area (Å²) in [4.78, 5) is 14.4. The molecule has 2 atom stereocenters. The Morgan fingerprint density at radius 2 is 2.04 bits per heavy atom. The zero-order valence-electron chi connectivity index (χ0n) is 17.6. The molecule has 0 unspecified atom stereocenters. The van der Waals surface area contributed by atoms with Gasteiger partial charge in [0, 0.05) is 32.1 Å². The largest absolute Gasteiger partial charge is 0.496 e. The third-order valence-corrected chi connectivity index (χ3v) is 8.09. The number of hydrogen-bond donors (Lipinski definition) is 1. The zero-order valence-corrected chi connectivity index (χ0v) is 18.4. The smallest absolute Gasteiger partial charge is 0.254 e. The summed E-state index contributed by atoms with van der Waals surface area (Å²) in [6, 6.07) is 4.48. The number of carbonyl (C=O) groups excluding carboxylic acids is 1. The first kappa shape index (κ1) is 21.1. The van der Waals surface area contributed by atoms with Crippen molar-refractivity contribution in [3.8, 4) is 5.75 Å². The molecule has 3 rings (SSSR count). The van der Waals surface area contributed by atoms with Crippen molar-refractivity contribution in [3.63, 3.8) is 0 Å². The van der Waals surface area contributed by atoms with Crippen molar-refractivity contribution in [3.05, 3.63) is 23.8 Å². The zero-order chi connectivity index (χ0) is 20.9. The molecule has 0 aromatic heterocycles. The van der Waals surface area contributed by atoms with Gasteiger partial charge in [-0.3, -0.25) is 4.79 Å². The summed E-state index contributed by atoms with van der Waals surface area (Å²) >= 11 is 0. The van der Waals surface area contributed by atoms with E-state index in [4.69, 9.17) is 4.74 Å². The Hall–Kier alpha value is -1.64. The number of nitrogens with zero attached hydrogens (tertiary/aromatic N) is 2. The van der Waals surface area contributed by atoms with Gasteiger partial charge in [-0.15, -0.1) is 0 Å². The second-order valence-corrected chi connectivity index (χ2v) is 11.0. The van der Waals surface area contributed by atoms with Crippen molar-refractivity contribution in [1.29, 1.82) is 0 Å². The average Bonchev–Trinajstić information content (AvgIpc) is 2.94. The number of benzene rings is 1. The number of amides is 1. The summed E-state index contributed by atoms with van der Waals surface area (Å²) in [5.41, 5.74) is 0.348. The highest BCUT2D eigenvalue weighted by Gasteiger charge is 2.64. The van der Waals surface area contributed by atoms with Crippen LogP contribution in [-0.2, 0) is 10.0 Å². The van der Waals surface area contributed by atoms with Crippen LogP contribution < -0.4 is 10.1 Å². The van der Waals surface area contributed by atoms with Crippen molar-refractivity contribution in [2.45, 2.75) is 25.2 Å². The van der Waals surface area contributed by atoms with Gasteiger partial charge in [-0.1, -0.05) is 13.8 Å². The molecule has 1 saturated heterocycles. The second-order valence-electron chi connectivity index (χ2n) is 9.06. The van der Waals surface area contributed by atoms with Crippen LogP contribution in [0.1, 0.15) is 30.6 Å². The Kier molecular flexibility index (Phi) is 5.27. The van der Waals surface area contributed by atoms with Gasteiger partial charge in [-0.25, -0.2) is 8.42 Å². The quantitative estimate of drug-likeness (QED) is 0.773. The minimum Gasteiger partial charge on any atom is -0.496 e. The molecular weight excluding hydrogens is 378 g/mol. The molecule has 1 aliphatic heterocycles. The van der Waals surface area contributed by atoms with Gasteiger partial charge in [0.25, 0.3) is 5.91 Å². The van der Waals surface area contributed by atoms with E-state index in [1.165, 1.54) is 26.3 Å². The topological polar surface area (TPSA) is 79.0 Å². The number of sulfonamides is 1. The van der Waals surface area contributed by atoms with Gasteiger partial charge in [0.15, 0.2) is 0 Å². The lowest BCUT2D eigenvalue weighted by Gasteiger charge is -2.57. The fourth-order valence-corrected chi connectivity index (χ4v) is 6.99. The number of nitrogens with one attached hydrogen (secondary N) is 1. The molecule has 2 aliphatic rings. The number of methoxy groups -OCH3 is 1. The van der Waals surface area contributed by atoms with E-state index in [9.17, 15) is 13.2 Å². The molecule has 0 radical (unpaired) electrons. The standard InChI is InChI=1S/C20H31N3O4S/c1-19(2)11-20(12-22(4)5)13-23(10-17(19)20)28(25,26)14-7-8-16(27-6)15(9-14)18(24)21-3/h7-9,17H,10-13H2,1-6H3,(H,21,24)/t17-,20+/m1/s1. The van der Waals surface area contributed by atoms with Crippen LogP contribution in [-0.4, -0.2) is 71.4 Å². The third-order valence-electron chi connectivity index (χ3n) is 6.28. The second kappa shape index (κ2) is 7.00. The lowest BCUT2D eigenvalue weighted by molar-refractivity contribution is -0.0789. The molecule has 7 nitrogen and oxygen atoms in total. The highest BCUT2D eigenvalue weighted by molar-refractivity contribution is 7.89. The van der Waals surface area contributed by atoms with E-state index in [0.29, 0.717) is 24.8 Å². The molecule has 0 bridgehead atoms. The molecule has 0 spiro atoms. The lowest BCUT2D eigenvalue weighted by Crippen LogP contribution is -2.57. The van der Waals surface area contributed by atoms with Crippen LogP contribution in [0.4, 0.5) is 0 Å². The number of carbonyl (C=O) groups is 1. The molecule has 1 heterocycles. The summed E-state index contributed by atoms with van der Waals surface area (Å²) in [5.74, 6) is 0.305. The Morgan fingerprint density at radius 1 is 1.36 bits per heavy atom. The van der Waals surface area contributed by atoms with Crippen molar-refractivity contribution in [2.24, 2.45) is 16.7 Å². The van der Waals surface area contributed by atoms with Gasteiger partial charge in [0.2, 0.25) is 10.0 Å². The SMILES string of the molecule is CNC(=O)c1cc(S(=O)(=O)N2C[C@@H]3C(C)(C)C[C@]3(CN(C)C)C2)ccc1OC. The first-order chi connectivity index (χ1) is 13.0. The summed E-state index contributed by atoms with van der Waals surface area (Å²) in [5, 5.41) is 2.53.